The number of nitrogens with zero attached hydrogens (tertiary/aromatic N) is 2. The van der Waals surface area contributed by atoms with E-state index in [1.807, 2.05) is 0 Å². The van der Waals surface area contributed by atoms with Crippen molar-refractivity contribution in [3.05, 3.63) is 164 Å². The van der Waals surface area contributed by atoms with Crippen LogP contribution >= 0.6 is 0 Å². The van der Waals surface area contributed by atoms with Crippen molar-refractivity contribution < 1.29 is 9.31 Å². The van der Waals surface area contributed by atoms with Gasteiger partial charge in [0.05, 0.1) is 33.3 Å². The predicted molar refractivity (Wildman–Crippen MR) is 222 cm³/mol. The van der Waals surface area contributed by atoms with Gasteiger partial charge in [0, 0.05) is 32.9 Å². The molecule has 256 valence electrons. The molecular formula is C48H39BN2O2. The van der Waals surface area contributed by atoms with Gasteiger partial charge in [-0.15, -0.1) is 0 Å². The van der Waals surface area contributed by atoms with Crippen molar-refractivity contribution in [1.29, 1.82) is 0 Å². The van der Waals surface area contributed by atoms with Gasteiger partial charge in [-0.25, -0.2) is 0 Å². The zero-order valence-electron chi connectivity index (χ0n) is 30.4. The van der Waals surface area contributed by atoms with Crippen LogP contribution in [-0.2, 0) is 9.31 Å². The van der Waals surface area contributed by atoms with E-state index in [0.29, 0.717) is 0 Å². The monoisotopic (exact) mass is 686 g/mol. The van der Waals surface area contributed by atoms with Crippen molar-refractivity contribution in [1.82, 2.24) is 9.13 Å². The second-order valence-corrected chi connectivity index (χ2v) is 15.2. The third kappa shape index (κ3) is 4.92. The number of hydrogen-bond acceptors (Lipinski definition) is 2. The van der Waals surface area contributed by atoms with Crippen molar-refractivity contribution in [2.75, 3.05) is 0 Å². The van der Waals surface area contributed by atoms with Crippen molar-refractivity contribution in [3.63, 3.8) is 0 Å². The lowest BCUT2D eigenvalue weighted by Gasteiger charge is -2.32. The van der Waals surface area contributed by atoms with E-state index < -0.39 is 18.3 Å². The molecule has 0 saturated carbocycles. The van der Waals surface area contributed by atoms with Crippen LogP contribution in [0.5, 0.6) is 0 Å². The Labute approximate surface area is 310 Å². The smallest absolute Gasteiger partial charge is 0.399 e. The molecule has 1 aliphatic heterocycles. The van der Waals surface area contributed by atoms with Gasteiger partial charge < -0.3 is 18.4 Å². The molecule has 0 spiro atoms. The molecule has 0 unspecified atom stereocenters. The maximum absolute atomic E-state index is 6.86. The first kappa shape index (κ1) is 31.8. The van der Waals surface area contributed by atoms with Crippen molar-refractivity contribution in [2.24, 2.45) is 0 Å². The molecular weight excluding hydrogens is 647 g/mol. The lowest BCUT2D eigenvalue weighted by atomic mass is 9.75. The van der Waals surface area contributed by atoms with Gasteiger partial charge in [0.1, 0.15) is 0 Å². The molecule has 0 atom stereocenters. The Balaban J connectivity index is 1.32. The maximum Gasteiger partial charge on any atom is 0.495 e. The molecule has 9 aromatic rings. The average molecular weight is 687 g/mol. The maximum atomic E-state index is 6.86. The molecule has 7 aromatic carbocycles. The molecule has 53 heavy (non-hydrogen) atoms. The quantitative estimate of drug-likeness (QED) is 0.169. The molecule has 3 heterocycles. The molecule has 5 heteroatoms. The minimum Gasteiger partial charge on any atom is -0.399 e. The van der Waals surface area contributed by atoms with Crippen molar-refractivity contribution in [3.8, 4) is 33.6 Å². The van der Waals surface area contributed by atoms with Gasteiger partial charge in [0.25, 0.3) is 0 Å². The zero-order chi connectivity index (χ0) is 35.9. The van der Waals surface area contributed by atoms with Crippen LogP contribution in [0.3, 0.4) is 0 Å². The molecule has 1 aliphatic rings. The number of fused-ring (bicyclic) bond motifs is 7. The summed E-state index contributed by atoms with van der Waals surface area (Å²) in [5, 5.41) is 4.65. The Bertz CT molecular complexity index is 2800. The van der Waals surface area contributed by atoms with Gasteiger partial charge >= 0.3 is 7.12 Å². The largest absolute Gasteiger partial charge is 0.495 e. The van der Waals surface area contributed by atoms with Crippen molar-refractivity contribution >= 4 is 56.2 Å². The molecule has 0 N–H and O–H groups in total. The third-order valence-electron chi connectivity index (χ3n) is 11.6. The second-order valence-electron chi connectivity index (χ2n) is 15.2. The topological polar surface area (TPSA) is 28.3 Å². The Morgan fingerprint density at radius 3 is 1.36 bits per heavy atom. The second kappa shape index (κ2) is 11.8. The van der Waals surface area contributed by atoms with Crippen LogP contribution in [0.4, 0.5) is 0 Å². The summed E-state index contributed by atoms with van der Waals surface area (Å²) in [4.78, 5) is 0. The van der Waals surface area contributed by atoms with Crippen LogP contribution in [-0.4, -0.2) is 27.5 Å². The summed E-state index contributed by atoms with van der Waals surface area (Å²) in [7, 11) is -0.543. The highest BCUT2D eigenvalue weighted by atomic mass is 16.7. The van der Waals surface area contributed by atoms with Crippen LogP contribution in [0, 0.1) is 0 Å². The Morgan fingerprint density at radius 2 is 0.830 bits per heavy atom. The van der Waals surface area contributed by atoms with E-state index in [1.165, 1.54) is 27.6 Å². The van der Waals surface area contributed by atoms with Gasteiger partial charge in [-0.3, -0.25) is 0 Å². The lowest BCUT2D eigenvalue weighted by molar-refractivity contribution is 0.00578. The van der Waals surface area contributed by atoms with E-state index in [-0.39, 0.29) is 0 Å². The minimum absolute atomic E-state index is 0.487. The van der Waals surface area contributed by atoms with E-state index in [4.69, 9.17) is 9.31 Å². The Morgan fingerprint density at radius 1 is 0.415 bits per heavy atom. The van der Waals surface area contributed by atoms with Crippen molar-refractivity contribution in [2.45, 2.75) is 38.9 Å². The van der Waals surface area contributed by atoms with Crippen LogP contribution in [0.1, 0.15) is 27.7 Å². The zero-order valence-corrected chi connectivity index (χ0v) is 30.4. The van der Waals surface area contributed by atoms with Gasteiger partial charge in [-0.1, -0.05) is 127 Å². The van der Waals surface area contributed by atoms with Crippen LogP contribution in [0.2, 0.25) is 0 Å². The summed E-state index contributed by atoms with van der Waals surface area (Å²) in [5.41, 5.74) is 11.6. The summed E-state index contributed by atoms with van der Waals surface area (Å²) in [5.74, 6) is 0. The van der Waals surface area contributed by atoms with Gasteiger partial charge in [-0.05, 0) is 91.8 Å². The molecule has 2 aromatic heterocycles. The van der Waals surface area contributed by atoms with Gasteiger partial charge in [0.2, 0.25) is 0 Å². The standard InChI is InChI=1S/C48H39BN2O2/c1-47(2)48(3,4)53-49(52-47)41-31-40-38-19-11-13-21-42(38)50(36-27-23-34(24-28-36)32-15-7-5-8-16-32)45(40)46-44(41)39-20-12-14-22-43(39)51(46)37-29-25-35(26-30-37)33-17-9-6-10-18-33/h5-31H,1-4H3. The molecule has 10 rings (SSSR count). The summed E-state index contributed by atoms with van der Waals surface area (Å²) in [6.07, 6.45) is 0. The molecule has 1 fully saturated rings. The predicted octanol–water partition coefficient (Wildman–Crippen LogP) is 11.5. The highest BCUT2D eigenvalue weighted by Crippen LogP contribution is 2.44. The SMILES string of the molecule is CC1(C)OB(c2cc3c4ccccc4n(-c4ccc(-c5ccccc5)cc4)c3c3c2c2ccccc2n3-c2ccc(-c3ccccc3)cc2)OC1(C)C. The molecule has 0 aliphatic carbocycles. The first-order chi connectivity index (χ1) is 25.8. The van der Waals surface area contributed by atoms with E-state index in [0.717, 1.165) is 55.1 Å². The van der Waals surface area contributed by atoms with Crippen LogP contribution in [0.15, 0.2) is 164 Å². The van der Waals surface area contributed by atoms with E-state index in [2.05, 4.69) is 201 Å². The third-order valence-corrected chi connectivity index (χ3v) is 11.6. The fourth-order valence-corrected chi connectivity index (χ4v) is 8.19. The summed E-state index contributed by atoms with van der Waals surface area (Å²) in [6.45, 7) is 8.52. The fraction of sp³-hybridized carbons (Fsp3) is 0.125. The Hall–Kier alpha value is -5.88. The minimum atomic E-state index is -0.543. The number of rotatable bonds is 5. The van der Waals surface area contributed by atoms with Gasteiger partial charge in [0.15, 0.2) is 0 Å². The lowest BCUT2D eigenvalue weighted by Crippen LogP contribution is -2.41. The van der Waals surface area contributed by atoms with Crippen LogP contribution in [0.25, 0.3) is 77.2 Å². The van der Waals surface area contributed by atoms with E-state index in [1.54, 1.807) is 0 Å². The highest BCUT2D eigenvalue weighted by Gasteiger charge is 2.52. The molecule has 4 nitrogen and oxygen atoms in total. The summed E-state index contributed by atoms with van der Waals surface area (Å²) in [6, 6.07) is 59.0. The molecule has 0 radical (unpaired) electrons. The number of aromatic nitrogens is 2. The van der Waals surface area contributed by atoms with E-state index in [9.17, 15) is 0 Å². The average Bonchev–Trinajstić information content (AvgIpc) is 3.79. The van der Waals surface area contributed by atoms with Crippen LogP contribution < -0.4 is 5.46 Å². The molecule has 0 amide bonds. The number of hydrogen-bond donors (Lipinski definition) is 0. The normalized spacial score (nSPS) is 15.3. The van der Waals surface area contributed by atoms with Gasteiger partial charge in [-0.2, -0.15) is 0 Å². The highest BCUT2D eigenvalue weighted by molar-refractivity contribution is 6.67. The number of benzene rings is 7. The molecule has 0 bridgehead atoms. The first-order valence-electron chi connectivity index (χ1n) is 18.5. The summed E-state index contributed by atoms with van der Waals surface area (Å²) < 4.78 is 18.6. The Kier molecular flexibility index (Phi) is 7.10. The number of para-hydroxylation sites is 2. The summed E-state index contributed by atoms with van der Waals surface area (Å²) >= 11 is 0. The molecule has 1 saturated heterocycles. The fourth-order valence-electron chi connectivity index (χ4n) is 8.19. The first-order valence-corrected chi connectivity index (χ1v) is 18.5. The van der Waals surface area contributed by atoms with E-state index >= 15 is 0 Å².